The Balaban J connectivity index is 1.90. The molecule has 0 unspecified atom stereocenters. The number of aryl methyl sites for hydroxylation is 1. The summed E-state index contributed by atoms with van der Waals surface area (Å²) in [6.07, 6.45) is 4.73. The first-order valence-electron chi connectivity index (χ1n) is 7.29. The monoisotopic (exact) mass is 344 g/mol. The third-order valence-electron chi connectivity index (χ3n) is 3.35. The third kappa shape index (κ3) is 3.11. The minimum atomic E-state index is -1.01. The number of aromatic carboxylic acids is 1. The normalized spacial score (nSPS) is 11.0. The number of aromatic nitrogens is 5. The Bertz CT molecular complexity index is 886. The second-order valence-electron chi connectivity index (χ2n) is 5.38. The number of thiazole rings is 1. The first kappa shape index (κ1) is 16.1. The summed E-state index contributed by atoms with van der Waals surface area (Å²) in [6.45, 7) is 6.12. The summed E-state index contributed by atoms with van der Waals surface area (Å²) in [5.41, 5.74) is 1.63. The Morgan fingerprint density at radius 2 is 2.08 bits per heavy atom. The average molecular weight is 344 g/mol. The van der Waals surface area contributed by atoms with E-state index in [1.54, 1.807) is 12.4 Å². The van der Waals surface area contributed by atoms with Gasteiger partial charge in [-0.25, -0.2) is 24.7 Å². The van der Waals surface area contributed by atoms with Gasteiger partial charge < -0.3 is 15.0 Å². The van der Waals surface area contributed by atoms with Gasteiger partial charge in [0.05, 0.1) is 23.8 Å². The fourth-order valence-corrected chi connectivity index (χ4v) is 3.03. The van der Waals surface area contributed by atoms with Crippen LogP contribution in [0.1, 0.15) is 35.4 Å². The van der Waals surface area contributed by atoms with Crippen molar-refractivity contribution in [1.82, 2.24) is 24.5 Å². The molecule has 0 saturated heterocycles. The SMILES string of the molecule is Cc1ncc(-c2ccnc(Nc3ncc(C(=O)O)s3)n2)n1C(C)C. The van der Waals surface area contributed by atoms with Crippen molar-refractivity contribution in [1.29, 1.82) is 0 Å². The molecular formula is C15H16N6O2S. The number of imidazole rings is 1. The largest absolute Gasteiger partial charge is 0.477 e. The van der Waals surface area contributed by atoms with E-state index >= 15 is 0 Å². The van der Waals surface area contributed by atoms with E-state index in [-0.39, 0.29) is 10.9 Å². The molecule has 0 atom stereocenters. The lowest BCUT2D eigenvalue weighted by molar-refractivity contribution is 0.0702. The molecule has 3 rings (SSSR count). The van der Waals surface area contributed by atoms with Gasteiger partial charge in [-0.15, -0.1) is 0 Å². The van der Waals surface area contributed by atoms with E-state index in [1.807, 2.05) is 13.0 Å². The van der Waals surface area contributed by atoms with Gasteiger partial charge in [-0.2, -0.15) is 0 Å². The van der Waals surface area contributed by atoms with Gasteiger partial charge in [-0.1, -0.05) is 11.3 Å². The fourth-order valence-electron chi connectivity index (χ4n) is 2.38. The van der Waals surface area contributed by atoms with E-state index < -0.39 is 5.97 Å². The molecule has 0 radical (unpaired) electrons. The second-order valence-corrected chi connectivity index (χ2v) is 6.41. The van der Waals surface area contributed by atoms with Crippen LogP contribution in [0.4, 0.5) is 11.1 Å². The zero-order chi connectivity index (χ0) is 17.3. The van der Waals surface area contributed by atoms with E-state index in [4.69, 9.17) is 5.11 Å². The van der Waals surface area contributed by atoms with Gasteiger partial charge in [0.2, 0.25) is 5.95 Å². The molecule has 0 aliphatic heterocycles. The van der Waals surface area contributed by atoms with Gasteiger partial charge in [0.15, 0.2) is 5.13 Å². The van der Waals surface area contributed by atoms with E-state index in [2.05, 4.69) is 43.7 Å². The number of anilines is 2. The molecule has 3 aromatic heterocycles. The van der Waals surface area contributed by atoms with Crippen LogP contribution in [0.3, 0.4) is 0 Å². The van der Waals surface area contributed by atoms with Gasteiger partial charge in [0, 0.05) is 12.2 Å². The lowest BCUT2D eigenvalue weighted by Gasteiger charge is -2.14. The Hall–Kier alpha value is -2.81. The molecule has 0 saturated carbocycles. The lowest BCUT2D eigenvalue weighted by Crippen LogP contribution is -2.06. The number of nitrogens with one attached hydrogen (secondary N) is 1. The number of rotatable bonds is 5. The first-order chi connectivity index (χ1) is 11.5. The van der Waals surface area contributed by atoms with Crippen molar-refractivity contribution in [2.45, 2.75) is 26.8 Å². The maximum atomic E-state index is 10.9. The molecule has 2 N–H and O–H groups in total. The second kappa shape index (κ2) is 6.36. The highest BCUT2D eigenvalue weighted by Crippen LogP contribution is 2.25. The van der Waals surface area contributed by atoms with Crippen molar-refractivity contribution < 1.29 is 9.90 Å². The van der Waals surface area contributed by atoms with Crippen LogP contribution in [0.15, 0.2) is 24.7 Å². The summed E-state index contributed by atoms with van der Waals surface area (Å²) in [5, 5.41) is 12.3. The van der Waals surface area contributed by atoms with Crippen molar-refractivity contribution in [3.63, 3.8) is 0 Å². The maximum Gasteiger partial charge on any atom is 0.347 e. The minimum Gasteiger partial charge on any atom is -0.477 e. The predicted molar refractivity (Wildman–Crippen MR) is 90.7 cm³/mol. The average Bonchev–Trinajstić information content (AvgIpc) is 3.14. The van der Waals surface area contributed by atoms with E-state index in [9.17, 15) is 4.79 Å². The molecule has 0 bridgehead atoms. The van der Waals surface area contributed by atoms with E-state index in [0.29, 0.717) is 11.1 Å². The minimum absolute atomic E-state index is 0.155. The van der Waals surface area contributed by atoms with Crippen LogP contribution < -0.4 is 5.32 Å². The Morgan fingerprint density at radius 1 is 1.29 bits per heavy atom. The van der Waals surface area contributed by atoms with Crippen LogP contribution in [0, 0.1) is 6.92 Å². The number of carboxylic acids is 1. The zero-order valence-corrected chi connectivity index (χ0v) is 14.2. The molecule has 0 aliphatic carbocycles. The molecule has 0 fully saturated rings. The summed E-state index contributed by atoms with van der Waals surface area (Å²) in [5.74, 6) is 0.263. The fraction of sp³-hybridized carbons (Fsp3) is 0.267. The van der Waals surface area contributed by atoms with Crippen molar-refractivity contribution >= 4 is 28.4 Å². The molecule has 0 aromatic carbocycles. The number of hydrogen-bond donors (Lipinski definition) is 2. The van der Waals surface area contributed by atoms with Gasteiger partial charge >= 0.3 is 5.97 Å². The van der Waals surface area contributed by atoms with Crippen LogP contribution in [-0.2, 0) is 0 Å². The quantitative estimate of drug-likeness (QED) is 0.732. The molecule has 24 heavy (non-hydrogen) atoms. The van der Waals surface area contributed by atoms with Crippen molar-refractivity contribution in [3.8, 4) is 11.4 Å². The van der Waals surface area contributed by atoms with Crippen LogP contribution in [-0.4, -0.2) is 35.6 Å². The van der Waals surface area contributed by atoms with Gasteiger partial charge in [0.25, 0.3) is 0 Å². The molecule has 0 spiro atoms. The molecule has 9 heteroatoms. The van der Waals surface area contributed by atoms with Crippen molar-refractivity contribution in [2.24, 2.45) is 0 Å². The van der Waals surface area contributed by atoms with Crippen LogP contribution in [0.5, 0.6) is 0 Å². The first-order valence-corrected chi connectivity index (χ1v) is 8.10. The number of carbonyl (C=O) groups is 1. The summed E-state index contributed by atoms with van der Waals surface area (Å²) < 4.78 is 2.10. The van der Waals surface area contributed by atoms with Crippen LogP contribution >= 0.6 is 11.3 Å². The summed E-state index contributed by atoms with van der Waals surface area (Å²) >= 11 is 1.03. The number of hydrogen-bond acceptors (Lipinski definition) is 7. The standard InChI is InChI=1S/C15H16N6O2S/c1-8(2)21-9(3)17-6-11(21)10-4-5-16-14(19-10)20-15-18-7-12(24-15)13(22)23/h4-8H,1-3H3,(H,22,23)(H,16,18,19,20). The third-order valence-corrected chi connectivity index (χ3v) is 4.25. The van der Waals surface area contributed by atoms with Crippen LogP contribution in [0.25, 0.3) is 11.4 Å². The highest BCUT2D eigenvalue weighted by molar-refractivity contribution is 7.17. The topological polar surface area (TPSA) is 106 Å². The van der Waals surface area contributed by atoms with E-state index in [1.165, 1.54) is 6.20 Å². The summed E-state index contributed by atoms with van der Waals surface area (Å²) in [6, 6.07) is 2.07. The van der Waals surface area contributed by atoms with Crippen molar-refractivity contribution in [3.05, 3.63) is 35.4 Å². The lowest BCUT2D eigenvalue weighted by atomic mass is 10.3. The molecular weight excluding hydrogens is 328 g/mol. The summed E-state index contributed by atoms with van der Waals surface area (Å²) in [4.78, 5) is 28.1. The highest BCUT2D eigenvalue weighted by atomic mass is 32.1. The Labute approximate surface area is 142 Å². The molecule has 8 nitrogen and oxygen atoms in total. The molecule has 124 valence electrons. The molecule has 3 aromatic rings. The van der Waals surface area contributed by atoms with Crippen molar-refractivity contribution in [2.75, 3.05) is 5.32 Å². The van der Waals surface area contributed by atoms with Gasteiger partial charge in [-0.05, 0) is 26.8 Å². The zero-order valence-electron chi connectivity index (χ0n) is 13.4. The predicted octanol–water partition coefficient (Wildman–Crippen LogP) is 3.13. The van der Waals surface area contributed by atoms with E-state index in [0.717, 1.165) is 28.5 Å². The Morgan fingerprint density at radius 3 is 2.75 bits per heavy atom. The molecule has 3 heterocycles. The summed E-state index contributed by atoms with van der Waals surface area (Å²) in [7, 11) is 0. The number of carboxylic acid groups (broad SMARTS) is 1. The highest BCUT2D eigenvalue weighted by Gasteiger charge is 2.14. The number of nitrogens with zero attached hydrogens (tertiary/aromatic N) is 5. The van der Waals surface area contributed by atoms with Gasteiger partial charge in [0.1, 0.15) is 10.7 Å². The maximum absolute atomic E-state index is 10.9. The molecule has 0 amide bonds. The van der Waals surface area contributed by atoms with Gasteiger partial charge in [-0.3, -0.25) is 0 Å². The Kier molecular flexibility index (Phi) is 4.26. The smallest absolute Gasteiger partial charge is 0.347 e. The molecule has 0 aliphatic rings. The van der Waals surface area contributed by atoms with Crippen LogP contribution in [0.2, 0.25) is 0 Å².